The highest BCUT2D eigenvalue weighted by Crippen LogP contribution is 2.25. The van der Waals surface area contributed by atoms with Crippen LogP contribution < -0.4 is 5.32 Å². The van der Waals surface area contributed by atoms with Gasteiger partial charge < -0.3 is 10.4 Å². The molecule has 0 aromatic heterocycles. The summed E-state index contributed by atoms with van der Waals surface area (Å²) < 4.78 is 0. The summed E-state index contributed by atoms with van der Waals surface area (Å²) in [6, 6.07) is 11.1. The molecule has 2 nitrogen and oxygen atoms in total. The van der Waals surface area contributed by atoms with Crippen molar-refractivity contribution >= 4 is 0 Å². The summed E-state index contributed by atoms with van der Waals surface area (Å²) in [5, 5.41) is 13.7. The van der Waals surface area contributed by atoms with Crippen molar-refractivity contribution in [1.29, 1.82) is 0 Å². The number of aliphatic hydroxyl groups excluding tert-OH is 1. The van der Waals surface area contributed by atoms with E-state index < -0.39 is 0 Å². The Balaban J connectivity index is 1.90. The van der Waals surface area contributed by atoms with E-state index in [0.29, 0.717) is 12.0 Å². The first-order valence-electron chi connectivity index (χ1n) is 7.77. The van der Waals surface area contributed by atoms with Gasteiger partial charge in [-0.3, -0.25) is 0 Å². The summed E-state index contributed by atoms with van der Waals surface area (Å²) in [6.45, 7) is 3.17. The van der Waals surface area contributed by atoms with E-state index in [1.807, 2.05) is 0 Å². The fourth-order valence-electron chi connectivity index (χ4n) is 3.08. The maximum atomic E-state index is 10.0. The molecule has 19 heavy (non-hydrogen) atoms. The number of hydrogen-bond donors (Lipinski definition) is 2. The maximum Gasteiger partial charge on any atom is 0.0580 e. The Morgan fingerprint density at radius 1 is 1.21 bits per heavy atom. The highest BCUT2D eigenvalue weighted by atomic mass is 16.3. The lowest BCUT2D eigenvalue weighted by Gasteiger charge is -2.30. The minimum atomic E-state index is -0.0979. The van der Waals surface area contributed by atoms with E-state index in [9.17, 15) is 5.11 Å². The zero-order chi connectivity index (χ0) is 13.5. The standard InChI is InChI=1S/C17H27NO/c1-2-8-16(14-9-4-3-5-10-14)18-13-15-11-6-7-12-17(15)19/h3-5,9-10,15-19H,2,6-8,11-13H2,1H3. The lowest BCUT2D eigenvalue weighted by atomic mass is 9.86. The third kappa shape index (κ3) is 4.32. The molecule has 3 atom stereocenters. The van der Waals surface area contributed by atoms with Crippen LogP contribution in [0.1, 0.15) is 57.1 Å². The van der Waals surface area contributed by atoms with Gasteiger partial charge in [0.1, 0.15) is 0 Å². The molecule has 1 aromatic rings. The van der Waals surface area contributed by atoms with E-state index in [1.54, 1.807) is 0 Å². The molecule has 1 saturated carbocycles. The van der Waals surface area contributed by atoms with Gasteiger partial charge in [-0.25, -0.2) is 0 Å². The van der Waals surface area contributed by atoms with Gasteiger partial charge in [0.25, 0.3) is 0 Å². The van der Waals surface area contributed by atoms with Gasteiger partial charge in [0.2, 0.25) is 0 Å². The van der Waals surface area contributed by atoms with Gasteiger partial charge in [-0.05, 0) is 30.7 Å². The summed E-state index contributed by atoms with van der Waals surface area (Å²) in [5.41, 5.74) is 1.37. The molecule has 1 aliphatic carbocycles. The molecule has 1 aromatic carbocycles. The first-order valence-corrected chi connectivity index (χ1v) is 7.77. The van der Waals surface area contributed by atoms with Crippen LogP contribution in [0.4, 0.5) is 0 Å². The molecule has 2 heteroatoms. The second kappa shape index (κ2) is 7.66. The van der Waals surface area contributed by atoms with Gasteiger partial charge in [0.15, 0.2) is 0 Å². The van der Waals surface area contributed by atoms with Crippen molar-refractivity contribution in [2.75, 3.05) is 6.54 Å². The van der Waals surface area contributed by atoms with E-state index in [2.05, 4.69) is 42.6 Å². The predicted octanol–water partition coefficient (Wildman–Crippen LogP) is 3.67. The number of hydrogen-bond acceptors (Lipinski definition) is 2. The lowest BCUT2D eigenvalue weighted by molar-refractivity contribution is 0.0679. The normalized spacial score (nSPS) is 25.2. The van der Waals surface area contributed by atoms with Crippen molar-refractivity contribution in [2.45, 2.75) is 57.6 Å². The molecule has 3 unspecified atom stereocenters. The Labute approximate surface area is 117 Å². The van der Waals surface area contributed by atoms with Crippen molar-refractivity contribution in [3.05, 3.63) is 35.9 Å². The fraction of sp³-hybridized carbons (Fsp3) is 0.647. The van der Waals surface area contributed by atoms with Gasteiger partial charge in [-0.1, -0.05) is 56.5 Å². The molecule has 2 rings (SSSR count). The van der Waals surface area contributed by atoms with E-state index >= 15 is 0 Å². The Bertz CT molecular complexity index is 352. The largest absolute Gasteiger partial charge is 0.393 e. The van der Waals surface area contributed by atoms with Crippen LogP contribution >= 0.6 is 0 Å². The summed E-state index contributed by atoms with van der Waals surface area (Å²) >= 11 is 0. The summed E-state index contributed by atoms with van der Waals surface area (Å²) in [6.07, 6.45) is 6.85. The van der Waals surface area contributed by atoms with Gasteiger partial charge in [-0.2, -0.15) is 0 Å². The third-order valence-corrected chi connectivity index (χ3v) is 4.27. The minimum Gasteiger partial charge on any atom is -0.393 e. The molecule has 1 aliphatic rings. The van der Waals surface area contributed by atoms with Crippen LogP contribution in [-0.4, -0.2) is 17.8 Å². The van der Waals surface area contributed by atoms with Gasteiger partial charge in [-0.15, -0.1) is 0 Å². The molecular formula is C17H27NO. The monoisotopic (exact) mass is 261 g/mol. The zero-order valence-electron chi connectivity index (χ0n) is 12.0. The highest BCUT2D eigenvalue weighted by molar-refractivity contribution is 5.18. The lowest BCUT2D eigenvalue weighted by Crippen LogP contribution is -2.35. The SMILES string of the molecule is CCCC(NCC1CCCCC1O)c1ccccc1. The van der Waals surface area contributed by atoms with Crippen LogP contribution in [0, 0.1) is 5.92 Å². The van der Waals surface area contributed by atoms with Crippen molar-refractivity contribution in [3.8, 4) is 0 Å². The molecule has 1 fully saturated rings. The Kier molecular flexibility index (Phi) is 5.87. The maximum absolute atomic E-state index is 10.0. The Morgan fingerprint density at radius 2 is 1.95 bits per heavy atom. The van der Waals surface area contributed by atoms with E-state index in [-0.39, 0.29) is 6.10 Å². The van der Waals surface area contributed by atoms with Crippen molar-refractivity contribution in [1.82, 2.24) is 5.32 Å². The van der Waals surface area contributed by atoms with Crippen LogP contribution in [-0.2, 0) is 0 Å². The molecule has 0 spiro atoms. The number of benzene rings is 1. The molecule has 0 heterocycles. The first-order chi connectivity index (χ1) is 9.31. The van der Waals surface area contributed by atoms with Crippen molar-refractivity contribution < 1.29 is 5.11 Å². The second-order valence-corrected chi connectivity index (χ2v) is 5.77. The van der Waals surface area contributed by atoms with Crippen LogP contribution in [0.2, 0.25) is 0 Å². The second-order valence-electron chi connectivity index (χ2n) is 5.77. The Morgan fingerprint density at radius 3 is 2.63 bits per heavy atom. The van der Waals surface area contributed by atoms with Gasteiger partial charge in [0.05, 0.1) is 6.10 Å². The number of rotatable bonds is 6. The predicted molar refractivity (Wildman–Crippen MR) is 80.1 cm³/mol. The summed E-state index contributed by atoms with van der Waals surface area (Å²) in [4.78, 5) is 0. The van der Waals surface area contributed by atoms with Crippen molar-refractivity contribution in [3.63, 3.8) is 0 Å². The van der Waals surface area contributed by atoms with Gasteiger partial charge in [0, 0.05) is 12.6 Å². The highest BCUT2D eigenvalue weighted by Gasteiger charge is 2.23. The quantitative estimate of drug-likeness (QED) is 0.819. The molecule has 106 valence electrons. The fourth-order valence-corrected chi connectivity index (χ4v) is 3.08. The number of nitrogens with one attached hydrogen (secondary N) is 1. The van der Waals surface area contributed by atoms with Crippen LogP contribution in [0.3, 0.4) is 0 Å². The van der Waals surface area contributed by atoms with Crippen molar-refractivity contribution in [2.24, 2.45) is 5.92 Å². The zero-order valence-corrected chi connectivity index (χ0v) is 12.0. The average Bonchev–Trinajstić information content (AvgIpc) is 2.46. The van der Waals surface area contributed by atoms with Gasteiger partial charge >= 0.3 is 0 Å². The van der Waals surface area contributed by atoms with Crippen LogP contribution in [0.25, 0.3) is 0 Å². The van der Waals surface area contributed by atoms with Crippen LogP contribution in [0.5, 0.6) is 0 Å². The van der Waals surface area contributed by atoms with E-state index in [0.717, 1.165) is 19.4 Å². The van der Waals surface area contributed by atoms with E-state index in [4.69, 9.17) is 0 Å². The third-order valence-electron chi connectivity index (χ3n) is 4.27. The molecule has 0 saturated heterocycles. The first kappa shape index (κ1) is 14.5. The molecule has 0 bridgehead atoms. The molecule has 2 N–H and O–H groups in total. The minimum absolute atomic E-state index is 0.0979. The number of aliphatic hydroxyl groups is 1. The Hall–Kier alpha value is -0.860. The molecule has 0 radical (unpaired) electrons. The molecule has 0 amide bonds. The van der Waals surface area contributed by atoms with Crippen LogP contribution in [0.15, 0.2) is 30.3 Å². The molecule has 0 aliphatic heterocycles. The topological polar surface area (TPSA) is 32.3 Å². The van der Waals surface area contributed by atoms with E-state index in [1.165, 1.54) is 31.2 Å². The smallest absolute Gasteiger partial charge is 0.0580 e. The molecular weight excluding hydrogens is 234 g/mol. The summed E-state index contributed by atoms with van der Waals surface area (Å²) in [7, 11) is 0. The summed E-state index contributed by atoms with van der Waals surface area (Å²) in [5.74, 6) is 0.441. The average molecular weight is 261 g/mol.